The molecule has 3 heterocycles. The average Bonchev–Trinajstić information content (AvgIpc) is 3.32. The molecule has 39 heavy (non-hydrogen) atoms. The SMILES string of the molecule is CC1(C)CCN1S(=O)c1ccc(-c2sc(C(=O)NC3CCOCC3)nc2CC2CCCCC2)cc1C(F)(F)F. The lowest BCUT2D eigenvalue weighted by Crippen LogP contribution is -2.56. The topological polar surface area (TPSA) is 71.5 Å². The number of hydrogen-bond donors (Lipinski definition) is 1. The van der Waals surface area contributed by atoms with Crippen LogP contribution < -0.4 is 5.32 Å². The fraction of sp³-hybridized carbons (Fsp3) is 0.643. The number of carbonyl (C=O) groups is 1. The molecule has 5 rings (SSSR count). The lowest BCUT2D eigenvalue weighted by atomic mass is 9.85. The van der Waals surface area contributed by atoms with Crippen LogP contribution in [-0.2, 0) is 28.3 Å². The Kier molecular flexibility index (Phi) is 8.52. The maximum absolute atomic E-state index is 14.3. The van der Waals surface area contributed by atoms with Crippen LogP contribution in [-0.4, -0.2) is 50.7 Å². The van der Waals surface area contributed by atoms with Gasteiger partial charge in [0, 0.05) is 31.3 Å². The molecule has 1 aromatic heterocycles. The van der Waals surface area contributed by atoms with E-state index in [1.165, 1.54) is 12.5 Å². The molecular formula is C28H36F3N3O3S2. The quantitative estimate of drug-likeness (QED) is 0.411. The highest BCUT2D eigenvalue weighted by Gasteiger charge is 2.43. The van der Waals surface area contributed by atoms with E-state index in [0.717, 1.165) is 62.3 Å². The summed E-state index contributed by atoms with van der Waals surface area (Å²) < 4.78 is 63.1. The van der Waals surface area contributed by atoms with E-state index in [2.05, 4.69) is 5.32 Å². The van der Waals surface area contributed by atoms with Crippen LogP contribution in [0, 0.1) is 5.92 Å². The van der Waals surface area contributed by atoms with Crippen molar-refractivity contribution in [2.75, 3.05) is 19.8 Å². The highest BCUT2D eigenvalue weighted by Crippen LogP contribution is 2.42. The molecule has 1 N–H and O–H groups in total. The molecule has 2 aromatic rings. The number of amides is 1. The first-order chi connectivity index (χ1) is 18.5. The fourth-order valence-corrected chi connectivity index (χ4v) is 8.26. The second-order valence-corrected chi connectivity index (χ2v) is 13.9. The minimum Gasteiger partial charge on any atom is -0.381 e. The molecule has 6 nitrogen and oxygen atoms in total. The molecule has 11 heteroatoms. The van der Waals surface area contributed by atoms with E-state index in [1.807, 2.05) is 13.8 Å². The van der Waals surface area contributed by atoms with Gasteiger partial charge < -0.3 is 10.1 Å². The summed E-state index contributed by atoms with van der Waals surface area (Å²) in [7, 11) is -1.92. The predicted octanol–water partition coefficient (Wildman–Crippen LogP) is 6.37. The second kappa shape index (κ2) is 11.6. The van der Waals surface area contributed by atoms with Gasteiger partial charge in [0.1, 0.15) is 11.0 Å². The third-order valence-corrected chi connectivity index (χ3v) is 11.1. The zero-order chi connectivity index (χ0) is 27.8. The Morgan fingerprint density at radius 3 is 2.51 bits per heavy atom. The monoisotopic (exact) mass is 583 g/mol. The fourth-order valence-electron chi connectivity index (χ4n) is 5.69. The van der Waals surface area contributed by atoms with Crippen molar-refractivity contribution >= 4 is 28.2 Å². The highest BCUT2D eigenvalue weighted by atomic mass is 32.2. The zero-order valence-electron chi connectivity index (χ0n) is 22.4. The molecular weight excluding hydrogens is 547 g/mol. The summed E-state index contributed by atoms with van der Waals surface area (Å²) in [6, 6.07) is 4.04. The first-order valence-electron chi connectivity index (χ1n) is 13.8. The van der Waals surface area contributed by atoms with E-state index in [4.69, 9.17) is 9.72 Å². The van der Waals surface area contributed by atoms with E-state index in [0.29, 0.717) is 48.2 Å². The molecule has 214 valence electrons. The van der Waals surface area contributed by atoms with Gasteiger partial charge in [-0.2, -0.15) is 13.2 Å². The van der Waals surface area contributed by atoms with Crippen LogP contribution >= 0.6 is 11.3 Å². The van der Waals surface area contributed by atoms with Crippen molar-refractivity contribution in [3.63, 3.8) is 0 Å². The minimum absolute atomic E-state index is 0.00255. The van der Waals surface area contributed by atoms with Gasteiger partial charge in [-0.05, 0) is 63.1 Å². The lowest BCUT2D eigenvalue weighted by molar-refractivity contribution is -0.139. The van der Waals surface area contributed by atoms with Crippen molar-refractivity contribution < 1.29 is 26.9 Å². The Hall–Kier alpha value is -1.82. The van der Waals surface area contributed by atoms with E-state index >= 15 is 0 Å². The summed E-state index contributed by atoms with van der Waals surface area (Å²) in [5, 5.41) is 3.30. The van der Waals surface area contributed by atoms with Crippen LogP contribution in [0.25, 0.3) is 10.4 Å². The zero-order valence-corrected chi connectivity index (χ0v) is 24.1. The summed E-state index contributed by atoms with van der Waals surface area (Å²) in [5.74, 6) is 0.102. The van der Waals surface area contributed by atoms with Gasteiger partial charge in [-0.3, -0.25) is 4.79 Å². The molecule has 3 aliphatic rings. The highest BCUT2D eigenvalue weighted by molar-refractivity contribution is 7.82. The van der Waals surface area contributed by atoms with E-state index in [9.17, 15) is 22.2 Å². The molecule has 0 spiro atoms. The summed E-state index contributed by atoms with van der Waals surface area (Å²) in [4.78, 5) is 18.2. The molecule has 1 aliphatic carbocycles. The van der Waals surface area contributed by atoms with Crippen molar-refractivity contribution in [2.24, 2.45) is 5.92 Å². The summed E-state index contributed by atoms with van der Waals surface area (Å²) in [6.45, 7) is 5.44. The molecule has 2 aliphatic heterocycles. The number of alkyl halides is 3. The van der Waals surface area contributed by atoms with Crippen LogP contribution in [0.15, 0.2) is 23.1 Å². The first-order valence-corrected chi connectivity index (χ1v) is 15.7. The van der Waals surface area contributed by atoms with Gasteiger partial charge in [-0.15, -0.1) is 11.3 Å². The number of halogens is 3. The minimum atomic E-state index is -4.67. The van der Waals surface area contributed by atoms with Crippen molar-refractivity contribution in [3.05, 3.63) is 34.5 Å². The summed E-state index contributed by atoms with van der Waals surface area (Å²) >= 11 is 1.15. The molecule has 1 amide bonds. The van der Waals surface area contributed by atoms with Crippen molar-refractivity contribution in [1.29, 1.82) is 0 Å². The van der Waals surface area contributed by atoms with Gasteiger partial charge in [0.15, 0.2) is 5.01 Å². The molecule has 0 radical (unpaired) electrons. The van der Waals surface area contributed by atoms with Crippen LogP contribution in [0.5, 0.6) is 0 Å². The normalized spacial score (nSPS) is 21.9. The van der Waals surface area contributed by atoms with Gasteiger partial charge >= 0.3 is 6.18 Å². The van der Waals surface area contributed by atoms with Crippen LogP contribution in [0.4, 0.5) is 13.2 Å². The van der Waals surface area contributed by atoms with Crippen LogP contribution in [0.2, 0.25) is 0 Å². The number of benzene rings is 1. The summed E-state index contributed by atoms with van der Waals surface area (Å²) in [5.41, 5.74) is -0.273. The van der Waals surface area contributed by atoms with E-state index < -0.39 is 28.3 Å². The molecule has 3 fully saturated rings. The Morgan fingerprint density at radius 1 is 1.18 bits per heavy atom. The molecule has 1 aromatic carbocycles. The van der Waals surface area contributed by atoms with Crippen LogP contribution in [0.3, 0.4) is 0 Å². The Bertz CT molecular complexity index is 1220. The number of thiazole rings is 1. The lowest BCUT2D eigenvalue weighted by Gasteiger charge is -2.46. The van der Waals surface area contributed by atoms with Gasteiger partial charge in [-0.25, -0.2) is 13.5 Å². The van der Waals surface area contributed by atoms with Crippen molar-refractivity contribution in [1.82, 2.24) is 14.6 Å². The van der Waals surface area contributed by atoms with Crippen LogP contribution in [0.1, 0.15) is 86.3 Å². The second-order valence-electron chi connectivity index (χ2n) is 11.5. The van der Waals surface area contributed by atoms with E-state index in [-0.39, 0.29) is 21.9 Å². The number of aromatic nitrogens is 1. The number of nitrogens with one attached hydrogen (secondary N) is 1. The average molecular weight is 584 g/mol. The Morgan fingerprint density at radius 2 is 1.90 bits per heavy atom. The summed E-state index contributed by atoms with van der Waals surface area (Å²) in [6.07, 6.45) is 3.75. The maximum atomic E-state index is 14.3. The molecule has 0 bridgehead atoms. The molecule has 1 unspecified atom stereocenters. The number of ether oxygens (including phenoxy) is 1. The molecule has 1 saturated carbocycles. The third-order valence-electron chi connectivity index (χ3n) is 8.19. The molecule has 1 atom stereocenters. The van der Waals surface area contributed by atoms with Crippen molar-refractivity contribution in [2.45, 2.75) is 94.3 Å². The maximum Gasteiger partial charge on any atom is 0.417 e. The number of nitrogens with zero attached hydrogens (tertiary/aromatic N) is 2. The predicted molar refractivity (Wildman–Crippen MR) is 146 cm³/mol. The Labute approximate surface area is 234 Å². The standard InChI is InChI=1S/C28H36F3N3O3S2/c1-27(2)12-13-34(27)39(36)23-9-8-19(17-21(23)28(29,30)31)24-22(16-18-6-4-3-5-7-18)33-26(38-24)25(35)32-20-10-14-37-15-11-20/h8-9,17-18,20H,3-7,10-16H2,1-2H3,(H,32,35). The van der Waals surface area contributed by atoms with E-state index in [1.54, 1.807) is 10.4 Å². The first kappa shape index (κ1) is 28.7. The largest absolute Gasteiger partial charge is 0.417 e. The smallest absolute Gasteiger partial charge is 0.381 e. The number of carbonyl (C=O) groups excluding carboxylic acids is 1. The van der Waals surface area contributed by atoms with Gasteiger partial charge in [-0.1, -0.05) is 38.2 Å². The Balaban J connectivity index is 1.49. The van der Waals surface area contributed by atoms with Gasteiger partial charge in [0.05, 0.1) is 21.0 Å². The van der Waals surface area contributed by atoms with Crippen molar-refractivity contribution in [3.8, 4) is 10.4 Å². The number of hydrogen-bond acceptors (Lipinski definition) is 5. The van der Waals surface area contributed by atoms with Gasteiger partial charge in [0.2, 0.25) is 0 Å². The number of rotatable bonds is 7. The van der Waals surface area contributed by atoms with Gasteiger partial charge in [0.25, 0.3) is 5.91 Å². The third kappa shape index (κ3) is 6.41. The molecule has 2 saturated heterocycles.